The van der Waals surface area contributed by atoms with Gasteiger partial charge in [0.25, 0.3) is 5.91 Å². The second-order valence-electron chi connectivity index (χ2n) is 7.44. The zero-order chi connectivity index (χ0) is 19.7. The van der Waals surface area contributed by atoms with E-state index in [-0.39, 0.29) is 16.5 Å². The largest absolute Gasteiger partial charge is 0.379 e. The van der Waals surface area contributed by atoms with Crippen LogP contribution in [-0.4, -0.2) is 31.4 Å². The van der Waals surface area contributed by atoms with Gasteiger partial charge in [0.05, 0.1) is 5.54 Å². The molecule has 6 heteroatoms. The molecule has 1 amide bonds. The van der Waals surface area contributed by atoms with E-state index in [0.29, 0.717) is 18.5 Å². The third kappa shape index (κ3) is 3.88. The van der Waals surface area contributed by atoms with Crippen molar-refractivity contribution in [2.75, 3.05) is 6.54 Å². The molecule has 2 aromatic carbocycles. The first-order valence-corrected chi connectivity index (χ1v) is 10.3. The molecule has 1 aliphatic rings. The van der Waals surface area contributed by atoms with Gasteiger partial charge in [-0.25, -0.2) is 4.31 Å². The van der Waals surface area contributed by atoms with Crippen LogP contribution in [0.3, 0.4) is 0 Å². The average Bonchev–Trinajstić information content (AvgIpc) is 2.81. The number of hydrogen-bond donors (Lipinski definition) is 3. The predicted octanol–water partition coefficient (Wildman–Crippen LogP) is 4.29. The normalized spacial score (nSPS) is 18.0. The van der Waals surface area contributed by atoms with Gasteiger partial charge in [-0.05, 0) is 38.8 Å². The molecule has 0 atom stereocenters. The number of carbonyl (C=O) groups excluding carboxylic acids is 1. The van der Waals surface area contributed by atoms with Crippen LogP contribution in [-0.2, 0) is 11.2 Å². The number of amides is 1. The van der Waals surface area contributed by atoms with Crippen molar-refractivity contribution >= 4 is 21.6 Å². The number of hydrogen-bond acceptors (Lipinski definition) is 4. The van der Waals surface area contributed by atoms with Crippen LogP contribution in [0, 0.1) is 6.07 Å². The molecule has 0 aliphatic carbocycles. The molecule has 0 saturated carbocycles. The maximum atomic E-state index is 13.1. The van der Waals surface area contributed by atoms with Gasteiger partial charge in [0.15, 0.2) is 0 Å². The van der Waals surface area contributed by atoms with Crippen molar-refractivity contribution in [3.8, 4) is 0 Å². The molecule has 5 nitrogen and oxygen atoms in total. The molecule has 0 fully saturated rings. The first kappa shape index (κ1) is 19.5. The Bertz CT molecular complexity index is 843. The minimum Gasteiger partial charge on any atom is -0.379 e. The zero-order valence-corrected chi connectivity index (χ0v) is 16.6. The molecule has 27 heavy (non-hydrogen) atoms. The monoisotopic (exact) mass is 385 g/mol. The lowest BCUT2D eigenvalue weighted by Gasteiger charge is -2.45. The first-order valence-electron chi connectivity index (χ1n) is 8.84. The van der Waals surface area contributed by atoms with Crippen molar-refractivity contribution in [2.24, 2.45) is 0 Å². The van der Waals surface area contributed by atoms with Crippen LogP contribution >= 0.6 is 10.8 Å². The highest BCUT2D eigenvalue weighted by molar-refractivity contribution is 8.31. The van der Waals surface area contributed by atoms with Crippen molar-refractivity contribution in [3.05, 3.63) is 77.5 Å². The van der Waals surface area contributed by atoms with E-state index in [4.69, 9.17) is 0 Å². The zero-order valence-electron chi connectivity index (χ0n) is 15.8. The molecular weight excluding hydrogens is 360 g/mol. The Morgan fingerprint density at radius 2 is 1.70 bits per heavy atom. The van der Waals surface area contributed by atoms with Crippen molar-refractivity contribution in [2.45, 2.75) is 32.7 Å². The summed E-state index contributed by atoms with van der Waals surface area (Å²) >= 11 is 0. The summed E-state index contributed by atoms with van der Waals surface area (Å²) < 4.78 is 23.2. The molecule has 1 heterocycles. The van der Waals surface area contributed by atoms with Gasteiger partial charge in [-0.15, -0.1) is 0 Å². The maximum absolute atomic E-state index is 13.1. The molecule has 0 spiro atoms. The van der Waals surface area contributed by atoms with Crippen LogP contribution in [0.1, 0.15) is 31.9 Å². The molecular formula is C21H25N2O3S. The van der Waals surface area contributed by atoms with Gasteiger partial charge >= 0.3 is 0 Å². The van der Waals surface area contributed by atoms with Crippen molar-refractivity contribution < 1.29 is 13.9 Å². The second kappa shape index (κ2) is 7.38. The van der Waals surface area contributed by atoms with Crippen LogP contribution in [0.15, 0.2) is 60.3 Å². The molecule has 3 rings (SSSR count). The topological polar surface area (TPSA) is 72.8 Å². The lowest BCUT2D eigenvalue weighted by Crippen LogP contribution is -2.45. The maximum Gasteiger partial charge on any atom is 0.290 e. The van der Waals surface area contributed by atoms with Crippen LogP contribution < -0.4 is 5.32 Å². The average molecular weight is 386 g/mol. The van der Waals surface area contributed by atoms with E-state index in [1.54, 1.807) is 32.9 Å². The van der Waals surface area contributed by atoms with E-state index in [1.807, 2.05) is 42.5 Å². The molecule has 1 radical (unpaired) electrons. The summed E-state index contributed by atoms with van der Waals surface area (Å²) in [6.45, 7) is 5.90. The van der Waals surface area contributed by atoms with E-state index >= 15 is 0 Å². The summed E-state index contributed by atoms with van der Waals surface area (Å²) in [5, 5.41) is 3.17. The number of carbonyl (C=O) groups is 1. The second-order valence-corrected chi connectivity index (χ2v) is 9.26. The van der Waals surface area contributed by atoms with Crippen molar-refractivity contribution in [3.63, 3.8) is 0 Å². The van der Waals surface area contributed by atoms with E-state index in [1.165, 1.54) is 4.31 Å². The summed E-state index contributed by atoms with van der Waals surface area (Å²) in [7, 11) is -3.44. The fourth-order valence-electron chi connectivity index (χ4n) is 3.20. The smallest absolute Gasteiger partial charge is 0.290 e. The summed E-state index contributed by atoms with van der Waals surface area (Å²) in [4.78, 5) is 13.4. The molecule has 0 bridgehead atoms. The summed E-state index contributed by atoms with van der Waals surface area (Å²) in [5.74, 6) is -0.386. The molecule has 0 unspecified atom stereocenters. The Labute approximate surface area is 162 Å². The van der Waals surface area contributed by atoms with E-state index in [9.17, 15) is 13.9 Å². The fraction of sp³-hybridized carbons (Fsp3) is 0.286. The van der Waals surface area contributed by atoms with E-state index in [2.05, 4.69) is 11.4 Å². The Balaban J connectivity index is 1.95. The molecule has 1 aliphatic heterocycles. The van der Waals surface area contributed by atoms with Crippen molar-refractivity contribution in [1.29, 1.82) is 0 Å². The Morgan fingerprint density at radius 1 is 1.07 bits per heavy atom. The molecule has 2 aromatic rings. The van der Waals surface area contributed by atoms with Gasteiger partial charge in [-0.1, -0.05) is 65.4 Å². The molecule has 0 aromatic heterocycles. The third-order valence-electron chi connectivity index (χ3n) is 4.30. The highest BCUT2D eigenvalue weighted by Crippen LogP contribution is 2.63. The number of benzene rings is 2. The Kier molecular flexibility index (Phi) is 5.33. The van der Waals surface area contributed by atoms with Crippen LogP contribution in [0.2, 0.25) is 0 Å². The van der Waals surface area contributed by atoms with Crippen LogP contribution in [0.25, 0.3) is 4.91 Å². The van der Waals surface area contributed by atoms with Crippen LogP contribution in [0.5, 0.6) is 0 Å². The standard InChI is InChI=1S/C21H25N2O3S/c1-21(2,3)23-20(24)18(22-15-14-16-10-6-4-7-11-16)19(27(23,25)26)17-12-8-5-9-13-17/h5-13,22,25-26H,14-15H2,1-3H3. The van der Waals surface area contributed by atoms with Gasteiger partial charge in [0.2, 0.25) is 0 Å². The van der Waals surface area contributed by atoms with Gasteiger partial charge in [0.1, 0.15) is 10.6 Å². The van der Waals surface area contributed by atoms with E-state index in [0.717, 1.165) is 5.56 Å². The SMILES string of the molecule is CC(C)(C)N1C(=O)C(NCCc2cc[c]cc2)=C(c2ccccc2)S1(O)O. The highest BCUT2D eigenvalue weighted by atomic mass is 32.3. The Morgan fingerprint density at radius 3 is 2.30 bits per heavy atom. The number of rotatable bonds is 5. The minimum absolute atomic E-state index is 0.263. The predicted molar refractivity (Wildman–Crippen MR) is 110 cm³/mol. The molecule has 3 N–H and O–H groups in total. The summed E-state index contributed by atoms with van der Waals surface area (Å²) in [5.41, 5.74) is 1.29. The van der Waals surface area contributed by atoms with Gasteiger partial charge in [-0.3, -0.25) is 13.9 Å². The minimum atomic E-state index is -3.44. The van der Waals surface area contributed by atoms with Crippen molar-refractivity contribution in [1.82, 2.24) is 9.62 Å². The van der Waals surface area contributed by atoms with Crippen LogP contribution in [0.4, 0.5) is 0 Å². The lowest BCUT2D eigenvalue weighted by atomic mass is 10.1. The summed E-state index contributed by atoms with van der Waals surface area (Å²) in [6, 6.07) is 19.7. The number of nitrogens with one attached hydrogen (secondary N) is 1. The summed E-state index contributed by atoms with van der Waals surface area (Å²) in [6.07, 6.45) is 0.711. The third-order valence-corrected chi connectivity index (χ3v) is 6.51. The van der Waals surface area contributed by atoms with Gasteiger partial charge in [-0.2, -0.15) is 0 Å². The number of nitrogens with zero attached hydrogens (tertiary/aromatic N) is 1. The molecule has 0 saturated heterocycles. The first-order chi connectivity index (χ1) is 12.7. The van der Waals surface area contributed by atoms with E-state index < -0.39 is 16.3 Å². The fourth-order valence-corrected chi connectivity index (χ4v) is 5.35. The van der Waals surface area contributed by atoms with Gasteiger partial charge < -0.3 is 5.32 Å². The quantitative estimate of drug-likeness (QED) is 0.718. The Hall–Kier alpha value is -2.28. The molecule has 143 valence electrons. The van der Waals surface area contributed by atoms with Gasteiger partial charge in [0, 0.05) is 12.1 Å². The highest BCUT2D eigenvalue weighted by Gasteiger charge is 2.49. The lowest BCUT2D eigenvalue weighted by molar-refractivity contribution is -0.125.